The summed E-state index contributed by atoms with van der Waals surface area (Å²) in [6, 6.07) is 14.4. The van der Waals surface area contributed by atoms with Gasteiger partial charge in [-0.1, -0.05) is 42.5 Å². The number of carbonyl (C=O) groups is 1. The van der Waals surface area contributed by atoms with E-state index in [1.54, 1.807) is 6.20 Å². The summed E-state index contributed by atoms with van der Waals surface area (Å²) in [5, 5.41) is 0. The SMILES string of the molecule is CC1(C)OC(=O)N(C2CC=C(c3cccnc3)CC2)[C@H]1c1ccccc1. The van der Waals surface area contributed by atoms with Gasteiger partial charge in [0.15, 0.2) is 0 Å². The summed E-state index contributed by atoms with van der Waals surface area (Å²) in [5.41, 5.74) is 3.09. The van der Waals surface area contributed by atoms with Crippen LogP contribution in [0.4, 0.5) is 4.79 Å². The summed E-state index contributed by atoms with van der Waals surface area (Å²) in [7, 11) is 0. The number of aromatic nitrogens is 1. The van der Waals surface area contributed by atoms with Gasteiger partial charge in [0.05, 0.1) is 6.04 Å². The van der Waals surface area contributed by atoms with Crippen LogP contribution in [-0.2, 0) is 4.74 Å². The first-order chi connectivity index (χ1) is 12.6. The van der Waals surface area contributed by atoms with Gasteiger partial charge in [-0.15, -0.1) is 0 Å². The smallest absolute Gasteiger partial charge is 0.411 e. The molecule has 1 fully saturated rings. The van der Waals surface area contributed by atoms with Crippen molar-refractivity contribution in [3.8, 4) is 0 Å². The van der Waals surface area contributed by atoms with E-state index in [1.165, 1.54) is 11.1 Å². The second-order valence-corrected chi connectivity index (χ2v) is 7.59. The highest BCUT2D eigenvalue weighted by molar-refractivity contribution is 5.73. The number of carbonyl (C=O) groups excluding carboxylic acids is 1. The Bertz CT molecular complexity index is 815. The zero-order valence-corrected chi connectivity index (χ0v) is 15.3. The molecule has 0 radical (unpaired) electrons. The fourth-order valence-corrected chi connectivity index (χ4v) is 4.22. The molecular weight excluding hydrogens is 324 g/mol. The topological polar surface area (TPSA) is 42.4 Å². The van der Waals surface area contributed by atoms with Gasteiger partial charge in [0.2, 0.25) is 0 Å². The fraction of sp³-hybridized carbons (Fsp3) is 0.364. The van der Waals surface area contributed by atoms with Crippen molar-refractivity contribution in [3.05, 3.63) is 72.1 Å². The Morgan fingerprint density at radius 3 is 2.62 bits per heavy atom. The zero-order valence-electron chi connectivity index (χ0n) is 15.3. The Morgan fingerprint density at radius 2 is 1.96 bits per heavy atom. The number of amides is 1. The van der Waals surface area contributed by atoms with Crippen LogP contribution in [0.15, 0.2) is 60.9 Å². The molecule has 4 nitrogen and oxygen atoms in total. The summed E-state index contributed by atoms with van der Waals surface area (Å²) in [4.78, 5) is 18.9. The molecule has 2 aromatic rings. The van der Waals surface area contributed by atoms with Gasteiger partial charge < -0.3 is 4.74 Å². The van der Waals surface area contributed by atoms with Crippen LogP contribution in [0.25, 0.3) is 5.57 Å². The molecular formula is C22H24N2O2. The van der Waals surface area contributed by atoms with Crippen LogP contribution < -0.4 is 0 Å². The Labute approximate surface area is 154 Å². The summed E-state index contributed by atoms with van der Waals surface area (Å²) < 4.78 is 5.75. The second-order valence-electron chi connectivity index (χ2n) is 7.59. The number of pyridine rings is 1. The zero-order chi connectivity index (χ0) is 18.1. The van der Waals surface area contributed by atoms with Crippen molar-refractivity contribution in [1.29, 1.82) is 0 Å². The second kappa shape index (κ2) is 6.60. The van der Waals surface area contributed by atoms with Crippen LogP contribution in [0.3, 0.4) is 0 Å². The number of hydrogen-bond acceptors (Lipinski definition) is 3. The minimum absolute atomic E-state index is 0.0606. The Morgan fingerprint density at radius 1 is 1.15 bits per heavy atom. The van der Waals surface area contributed by atoms with Gasteiger partial charge in [-0.25, -0.2) is 4.79 Å². The lowest BCUT2D eigenvalue weighted by atomic mass is 9.86. The number of benzene rings is 1. The van der Waals surface area contributed by atoms with Gasteiger partial charge >= 0.3 is 6.09 Å². The van der Waals surface area contributed by atoms with E-state index in [0.717, 1.165) is 24.8 Å². The minimum Gasteiger partial charge on any atom is -0.441 e. The van der Waals surface area contributed by atoms with E-state index in [4.69, 9.17) is 4.74 Å². The molecule has 2 heterocycles. The highest BCUT2D eigenvalue weighted by Gasteiger charge is 2.50. The first-order valence-corrected chi connectivity index (χ1v) is 9.22. The Kier molecular flexibility index (Phi) is 4.27. The summed E-state index contributed by atoms with van der Waals surface area (Å²) in [6.07, 6.45) is 8.49. The van der Waals surface area contributed by atoms with Crippen LogP contribution in [-0.4, -0.2) is 27.6 Å². The van der Waals surface area contributed by atoms with Crippen molar-refractivity contribution in [2.24, 2.45) is 0 Å². The predicted molar refractivity (Wildman–Crippen MR) is 101 cm³/mol. The third kappa shape index (κ3) is 3.00. The lowest BCUT2D eigenvalue weighted by Crippen LogP contribution is -2.41. The summed E-state index contributed by atoms with van der Waals surface area (Å²) in [5.74, 6) is 0. The van der Waals surface area contributed by atoms with E-state index in [-0.39, 0.29) is 18.2 Å². The summed E-state index contributed by atoms with van der Waals surface area (Å²) in [6.45, 7) is 4.00. The number of allylic oxidation sites excluding steroid dienone is 1. The molecule has 0 spiro atoms. The average molecular weight is 348 g/mol. The third-order valence-corrected chi connectivity index (χ3v) is 5.42. The molecule has 0 saturated carbocycles. The van der Waals surface area contributed by atoms with E-state index < -0.39 is 5.60 Å². The van der Waals surface area contributed by atoms with Crippen LogP contribution in [0.5, 0.6) is 0 Å². The van der Waals surface area contributed by atoms with Gasteiger partial charge in [0.1, 0.15) is 5.60 Å². The first kappa shape index (κ1) is 16.8. The van der Waals surface area contributed by atoms with Crippen molar-refractivity contribution in [1.82, 2.24) is 9.88 Å². The van der Waals surface area contributed by atoms with Crippen LogP contribution in [0.2, 0.25) is 0 Å². The Hall–Kier alpha value is -2.62. The van der Waals surface area contributed by atoms with Gasteiger partial charge in [-0.2, -0.15) is 0 Å². The van der Waals surface area contributed by atoms with Crippen molar-refractivity contribution in [3.63, 3.8) is 0 Å². The molecule has 1 unspecified atom stereocenters. The lowest BCUT2D eigenvalue weighted by Gasteiger charge is -2.36. The maximum atomic E-state index is 12.7. The fourth-order valence-electron chi connectivity index (χ4n) is 4.22. The molecule has 1 aliphatic carbocycles. The van der Waals surface area contributed by atoms with Crippen LogP contribution >= 0.6 is 0 Å². The first-order valence-electron chi connectivity index (χ1n) is 9.22. The highest BCUT2D eigenvalue weighted by Crippen LogP contribution is 2.44. The molecule has 26 heavy (non-hydrogen) atoms. The normalized spacial score (nSPS) is 24.9. The molecule has 1 aliphatic heterocycles. The van der Waals surface area contributed by atoms with Crippen molar-refractivity contribution in [2.45, 2.75) is 50.8 Å². The molecule has 0 bridgehead atoms. The van der Waals surface area contributed by atoms with Gasteiger partial charge in [-0.3, -0.25) is 9.88 Å². The van der Waals surface area contributed by atoms with Crippen molar-refractivity contribution in [2.75, 3.05) is 0 Å². The molecule has 1 aromatic heterocycles. The number of ether oxygens (including phenoxy) is 1. The molecule has 1 aromatic carbocycles. The molecule has 2 aliphatic rings. The molecule has 2 atom stereocenters. The largest absolute Gasteiger partial charge is 0.441 e. The van der Waals surface area contributed by atoms with Crippen LogP contribution in [0.1, 0.15) is 50.3 Å². The predicted octanol–water partition coefficient (Wildman–Crippen LogP) is 4.99. The van der Waals surface area contributed by atoms with Crippen LogP contribution in [0, 0.1) is 0 Å². The highest BCUT2D eigenvalue weighted by atomic mass is 16.6. The van der Waals surface area contributed by atoms with E-state index in [2.05, 4.69) is 29.3 Å². The number of hydrogen-bond donors (Lipinski definition) is 0. The van der Waals surface area contributed by atoms with Crippen molar-refractivity contribution < 1.29 is 9.53 Å². The van der Waals surface area contributed by atoms with Gasteiger partial charge in [-0.05, 0) is 55.9 Å². The number of nitrogens with zero attached hydrogens (tertiary/aromatic N) is 2. The maximum absolute atomic E-state index is 12.7. The minimum atomic E-state index is -0.536. The summed E-state index contributed by atoms with van der Waals surface area (Å²) >= 11 is 0. The van der Waals surface area contributed by atoms with E-state index in [0.29, 0.717) is 0 Å². The van der Waals surface area contributed by atoms with E-state index >= 15 is 0 Å². The van der Waals surface area contributed by atoms with E-state index in [9.17, 15) is 4.79 Å². The maximum Gasteiger partial charge on any atom is 0.411 e. The average Bonchev–Trinajstić information content (AvgIpc) is 2.91. The Balaban J connectivity index is 1.60. The number of cyclic esters (lactones) is 1. The monoisotopic (exact) mass is 348 g/mol. The standard InChI is InChI=1S/C22H24N2O2/c1-22(2)20(17-7-4-3-5-8-17)24(21(25)26-22)19-12-10-16(11-13-19)18-9-6-14-23-15-18/h3-10,14-15,19-20H,11-13H2,1-2H3/t19?,20-/m0/s1. The van der Waals surface area contributed by atoms with Crippen molar-refractivity contribution >= 4 is 11.7 Å². The quantitative estimate of drug-likeness (QED) is 0.785. The molecule has 134 valence electrons. The molecule has 0 N–H and O–H groups in total. The molecule has 1 amide bonds. The number of rotatable bonds is 3. The molecule has 4 heteroatoms. The van der Waals surface area contributed by atoms with Gasteiger partial charge in [0, 0.05) is 18.4 Å². The lowest BCUT2D eigenvalue weighted by molar-refractivity contribution is 0.0668. The third-order valence-electron chi connectivity index (χ3n) is 5.42. The molecule has 4 rings (SSSR count). The molecule has 1 saturated heterocycles. The van der Waals surface area contributed by atoms with Gasteiger partial charge in [0.25, 0.3) is 0 Å². The van der Waals surface area contributed by atoms with E-state index in [1.807, 2.05) is 49.2 Å².